The van der Waals surface area contributed by atoms with Crippen molar-refractivity contribution in [1.29, 1.82) is 0 Å². The van der Waals surface area contributed by atoms with Crippen molar-refractivity contribution in [3.63, 3.8) is 0 Å². The lowest BCUT2D eigenvalue weighted by molar-refractivity contribution is -0.143. The highest BCUT2D eigenvalue weighted by atomic mass is 19.4. The molecule has 1 aliphatic heterocycles. The minimum atomic E-state index is -5.14. The van der Waals surface area contributed by atoms with Gasteiger partial charge >= 0.3 is 24.6 Å². The van der Waals surface area contributed by atoms with E-state index >= 15 is 0 Å². The van der Waals surface area contributed by atoms with Crippen LogP contribution in [0, 0.1) is 5.92 Å². The van der Waals surface area contributed by atoms with Gasteiger partial charge in [0.2, 0.25) is 5.91 Å². The van der Waals surface area contributed by atoms with Crippen molar-refractivity contribution in [2.24, 2.45) is 5.92 Å². The molecule has 236 valence electrons. The summed E-state index contributed by atoms with van der Waals surface area (Å²) in [6.45, 7) is 5.10. The van der Waals surface area contributed by atoms with Gasteiger partial charge in [-0.1, -0.05) is 0 Å². The Hall–Kier alpha value is -3.45. The number of carbonyl (C=O) groups is 2. The SMILES string of the molecule is CC(=O)N(Cc1cc(C(F)(F)F)cc(C(F)(F)F)c1)C1CC(C2CC2)N(C(=O)OC(C)(C)C)c2ccc(C(F)(F)F)cc21. The van der Waals surface area contributed by atoms with Gasteiger partial charge in [-0.15, -0.1) is 0 Å². The van der Waals surface area contributed by atoms with Gasteiger partial charge in [-0.25, -0.2) is 4.79 Å². The predicted molar refractivity (Wildman–Crippen MR) is 137 cm³/mol. The average Bonchev–Trinajstić information content (AvgIpc) is 3.68. The van der Waals surface area contributed by atoms with E-state index in [0.717, 1.165) is 30.0 Å². The van der Waals surface area contributed by atoms with E-state index in [1.165, 1.54) is 4.90 Å². The quantitative estimate of drug-likeness (QED) is 0.320. The van der Waals surface area contributed by atoms with Crippen molar-refractivity contribution < 1.29 is 53.8 Å². The summed E-state index contributed by atoms with van der Waals surface area (Å²) in [6.07, 6.45) is -14.7. The Bertz CT molecular complexity index is 1360. The van der Waals surface area contributed by atoms with Crippen LogP contribution >= 0.6 is 0 Å². The molecule has 2 atom stereocenters. The van der Waals surface area contributed by atoms with E-state index in [9.17, 15) is 49.1 Å². The normalized spacial score (nSPS) is 19.6. The van der Waals surface area contributed by atoms with Crippen LogP contribution in [0.1, 0.15) is 80.8 Å². The molecule has 0 saturated heterocycles. The number of halogens is 9. The molecule has 2 aliphatic rings. The standard InChI is InChI=1S/C29H29F9N2O3/c1-15(41)39(14-16-9-19(28(33,34)35)11-20(10-16)29(36,37)38)24-13-23(17-5-6-17)40(25(42)43-26(2,3)4)22-8-7-18(12-21(22)24)27(30,31)32/h7-12,17,23-24H,5-6,13-14H2,1-4H3. The van der Waals surface area contributed by atoms with Crippen molar-refractivity contribution in [2.75, 3.05) is 4.90 Å². The lowest BCUT2D eigenvalue weighted by Crippen LogP contribution is -2.50. The number of hydrogen-bond donors (Lipinski definition) is 0. The van der Waals surface area contributed by atoms with Crippen LogP contribution in [-0.4, -0.2) is 28.5 Å². The molecular weight excluding hydrogens is 595 g/mol. The Labute approximate surface area is 241 Å². The number of alkyl halides is 9. The number of benzene rings is 2. The number of hydrogen-bond acceptors (Lipinski definition) is 3. The molecule has 0 bridgehead atoms. The molecule has 2 unspecified atom stereocenters. The van der Waals surface area contributed by atoms with E-state index in [-0.39, 0.29) is 29.7 Å². The second kappa shape index (κ2) is 10.9. The summed E-state index contributed by atoms with van der Waals surface area (Å²) < 4.78 is 128. The van der Waals surface area contributed by atoms with Gasteiger partial charge in [-0.05, 0) is 93.5 Å². The van der Waals surface area contributed by atoms with E-state index in [2.05, 4.69) is 0 Å². The summed E-state index contributed by atoms with van der Waals surface area (Å²) in [4.78, 5) is 28.5. The lowest BCUT2D eigenvalue weighted by Gasteiger charge is -2.45. The summed E-state index contributed by atoms with van der Waals surface area (Å²) in [5.74, 6) is -0.899. The molecule has 2 amide bonds. The molecular formula is C29H29F9N2O3. The zero-order valence-electron chi connectivity index (χ0n) is 23.5. The lowest BCUT2D eigenvalue weighted by atomic mass is 9.86. The fourth-order valence-corrected chi connectivity index (χ4v) is 5.33. The highest BCUT2D eigenvalue weighted by Crippen LogP contribution is 2.50. The van der Waals surface area contributed by atoms with Gasteiger partial charge in [-0.3, -0.25) is 9.69 Å². The number of anilines is 1. The minimum Gasteiger partial charge on any atom is -0.443 e. The van der Waals surface area contributed by atoms with E-state index in [0.29, 0.717) is 25.0 Å². The third-order valence-electron chi connectivity index (χ3n) is 7.31. The largest absolute Gasteiger partial charge is 0.443 e. The molecule has 2 aromatic carbocycles. The van der Waals surface area contributed by atoms with Crippen molar-refractivity contribution in [3.05, 3.63) is 64.2 Å². The minimum absolute atomic E-state index is 0.0154. The molecule has 43 heavy (non-hydrogen) atoms. The molecule has 0 radical (unpaired) electrons. The van der Waals surface area contributed by atoms with Gasteiger partial charge in [0.25, 0.3) is 0 Å². The van der Waals surface area contributed by atoms with Crippen LogP contribution in [0.4, 0.5) is 50.0 Å². The summed E-state index contributed by atoms with van der Waals surface area (Å²) in [6, 6.07) is 1.65. The third kappa shape index (κ3) is 7.38. The van der Waals surface area contributed by atoms with Crippen LogP contribution < -0.4 is 4.90 Å². The first-order valence-corrected chi connectivity index (χ1v) is 13.3. The van der Waals surface area contributed by atoms with Crippen molar-refractivity contribution in [3.8, 4) is 0 Å². The van der Waals surface area contributed by atoms with Crippen molar-refractivity contribution in [2.45, 2.75) is 89.7 Å². The van der Waals surface area contributed by atoms with Crippen LogP contribution in [0.2, 0.25) is 0 Å². The summed E-state index contributed by atoms with van der Waals surface area (Å²) in [5.41, 5.74) is -5.86. The van der Waals surface area contributed by atoms with E-state index in [4.69, 9.17) is 4.74 Å². The predicted octanol–water partition coefficient (Wildman–Crippen LogP) is 8.76. The zero-order chi connectivity index (χ0) is 32.3. The Balaban J connectivity index is 1.86. The molecule has 5 nitrogen and oxygen atoms in total. The topological polar surface area (TPSA) is 49.9 Å². The van der Waals surface area contributed by atoms with E-state index < -0.39 is 77.0 Å². The van der Waals surface area contributed by atoms with Gasteiger partial charge in [0.15, 0.2) is 0 Å². The molecule has 4 rings (SSSR count). The van der Waals surface area contributed by atoms with E-state index in [1.54, 1.807) is 20.8 Å². The smallest absolute Gasteiger partial charge is 0.416 e. The second-order valence-electron chi connectivity index (χ2n) is 11.8. The number of nitrogens with zero attached hydrogens (tertiary/aromatic N) is 2. The monoisotopic (exact) mass is 624 g/mol. The van der Waals surface area contributed by atoms with Crippen LogP contribution in [-0.2, 0) is 34.6 Å². The average molecular weight is 625 g/mol. The van der Waals surface area contributed by atoms with Gasteiger partial charge in [0.1, 0.15) is 5.60 Å². The zero-order valence-corrected chi connectivity index (χ0v) is 23.5. The first-order chi connectivity index (χ1) is 19.6. The number of rotatable bonds is 4. The van der Waals surface area contributed by atoms with Crippen molar-refractivity contribution in [1.82, 2.24) is 4.90 Å². The number of carbonyl (C=O) groups excluding carboxylic acids is 2. The molecule has 0 spiro atoms. The molecule has 1 fully saturated rings. The van der Waals surface area contributed by atoms with Crippen LogP contribution in [0.15, 0.2) is 36.4 Å². The maximum absolute atomic E-state index is 13.8. The second-order valence-corrected chi connectivity index (χ2v) is 11.8. The summed E-state index contributed by atoms with van der Waals surface area (Å²) in [7, 11) is 0. The first-order valence-electron chi connectivity index (χ1n) is 13.3. The fraction of sp³-hybridized carbons (Fsp3) is 0.517. The van der Waals surface area contributed by atoms with Gasteiger partial charge < -0.3 is 9.64 Å². The van der Waals surface area contributed by atoms with E-state index in [1.807, 2.05) is 0 Å². The molecule has 2 aromatic rings. The summed E-state index contributed by atoms with van der Waals surface area (Å²) in [5, 5.41) is 0. The highest BCUT2D eigenvalue weighted by molar-refractivity contribution is 5.91. The number of fused-ring (bicyclic) bond motifs is 1. The highest BCUT2D eigenvalue weighted by Gasteiger charge is 2.48. The fourth-order valence-electron chi connectivity index (χ4n) is 5.33. The Morgan fingerprint density at radius 3 is 1.81 bits per heavy atom. The maximum Gasteiger partial charge on any atom is 0.416 e. The molecule has 1 saturated carbocycles. The maximum atomic E-state index is 13.8. The van der Waals surface area contributed by atoms with Crippen LogP contribution in [0.3, 0.4) is 0 Å². The third-order valence-corrected chi connectivity index (χ3v) is 7.31. The van der Waals surface area contributed by atoms with Gasteiger partial charge in [0, 0.05) is 19.5 Å². The Morgan fingerprint density at radius 2 is 1.37 bits per heavy atom. The molecule has 1 aliphatic carbocycles. The Morgan fingerprint density at radius 1 is 0.837 bits per heavy atom. The number of ether oxygens (including phenoxy) is 1. The van der Waals surface area contributed by atoms with Gasteiger partial charge in [-0.2, -0.15) is 39.5 Å². The van der Waals surface area contributed by atoms with Gasteiger partial charge in [0.05, 0.1) is 28.4 Å². The van der Waals surface area contributed by atoms with Crippen LogP contribution in [0.5, 0.6) is 0 Å². The first kappa shape index (κ1) is 32.5. The van der Waals surface area contributed by atoms with Crippen LogP contribution in [0.25, 0.3) is 0 Å². The van der Waals surface area contributed by atoms with Crippen molar-refractivity contribution >= 4 is 17.7 Å². The molecule has 14 heteroatoms. The molecule has 0 N–H and O–H groups in total. The molecule has 1 heterocycles. The summed E-state index contributed by atoms with van der Waals surface area (Å²) >= 11 is 0. The Kier molecular flexibility index (Phi) is 8.24. The molecule has 0 aromatic heterocycles. The number of amides is 2.